The first kappa shape index (κ1) is 16.7. The number of nitriles is 1. The van der Waals surface area contributed by atoms with E-state index >= 15 is 0 Å². The van der Waals surface area contributed by atoms with E-state index in [1.807, 2.05) is 12.1 Å². The van der Waals surface area contributed by atoms with Crippen molar-refractivity contribution in [2.75, 3.05) is 31.6 Å². The molecule has 5 nitrogen and oxygen atoms in total. The standard InChI is InChI=1S/C17H26N4O/c1-13(2)16-7-6-14(11-18)17(20-16)19-8-10-21-9-4-3-5-15(21)12-22/h6-7,13,15,22H,3-5,8-10,12H2,1-2H3,(H,19,20). The predicted molar refractivity (Wildman–Crippen MR) is 87.8 cm³/mol. The Labute approximate surface area is 133 Å². The van der Waals surface area contributed by atoms with Crippen molar-refractivity contribution in [3.63, 3.8) is 0 Å². The molecule has 1 aliphatic heterocycles. The van der Waals surface area contributed by atoms with Gasteiger partial charge in [0.15, 0.2) is 0 Å². The van der Waals surface area contributed by atoms with Gasteiger partial charge in [0.2, 0.25) is 0 Å². The van der Waals surface area contributed by atoms with E-state index in [0.29, 0.717) is 17.3 Å². The average molecular weight is 302 g/mol. The van der Waals surface area contributed by atoms with Crippen molar-refractivity contribution in [3.05, 3.63) is 23.4 Å². The van der Waals surface area contributed by atoms with Crippen LogP contribution in [0, 0.1) is 11.3 Å². The summed E-state index contributed by atoms with van der Waals surface area (Å²) in [5.74, 6) is 1.01. The lowest BCUT2D eigenvalue weighted by Crippen LogP contribution is -2.44. The minimum Gasteiger partial charge on any atom is -0.395 e. The topological polar surface area (TPSA) is 72.2 Å². The predicted octanol–water partition coefficient (Wildman–Crippen LogP) is 2.34. The minimum absolute atomic E-state index is 0.227. The number of piperidine rings is 1. The van der Waals surface area contributed by atoms with E-state index in [9.17, 15) is 10.4 Å². The summed E-state index contributed by atoms with van der Waals surface area (Å²) in [6.07, 6.45) is 3.47. The fourth-order valence-electron chi connectivity index (χ4n) is 2.90. The fourth-order valence-corrected chi connectivity index (χ4v) is 2.90. The van der Waals surface area contributed by atoms with Gasteiger partial charge < -0.3 is 10.4 Å². The number of nitrogens with zero attached hydrogens (tertiary/aromatic N) is 3. The lowest BCUT2D eigenvalue weighted by molar-refractivity contribution is 0.0940. The number of likely N-dealkylation sites (tertiary alicyclic amines) is 1. The van der Waals surface area contributed by atoms with Crippen LogP contribution in [0.2, 0.25) is 0 Å². The highest BCUT2D eigenvalue weighted by atomic mass is 16.3. The second kappa shape index (κ2) is 8.11. The molecule has 2 heterocycles. The lowest BCUT2D eigenvalue weighted by atomic mass is 10.0. The molecule has 0 radical (unpaired) electrons. The highest BCUT2D eigenvalue weighted by Crippen LogP contribution is 2.19. The maximum absolute atomic E-state index is 9.44. The summed E-state index contributed by atoms with van der Waals surface area (Å²) in [6, 6.07) is 6.22. The molecule has 1 aromatic rings. The van der Waals surface area contributed by atoms with E-state index in [1.54, 1.807) is 0 Å². The van der Waals surface area contributed by atoms with Gasteiger partial charge in [0.25, 0.3) is 0 Å². The van der Waals surface area contributed by atoms with Crippen molar-refractivity contribution in [2.24, 2.45) is 0 Å². The van der Waals surface area contributed by atoms with E-state index in [0.717, 1.165) is 31.7 Å². The number of pyridine rings is 1. The van der Waals surface area contributed by atoms with E-state index in [-0.39, 0.29) is 12.6 Å². The second-order valence-electron chi connectivity index (χ2n) is 6.19. The van der Waals surface area contributed by atoms with Crippen molar-refractivity contribution in [2.45, 2.75) is 45.1 Å². The van der Waals surface area contributed by atoms with Crippen LogP contribution in [-0.4, -0.2) is 47.3 Å². The Morgan fingerprint density at radius 3 is 2.95 bits per heavy atom. The van der Waals surface area contributed by atoms with E-state index in [1.165, 1.54) is 12.8 Å². The first-order chi connectivity index (χ1) is 10.7. The normalized spacial score (nSPS) is 19.1. The summed E-state index contributed by atoms with van der Waals surface area (Å²) in [7, 11) is 0. The van der Waals surface area contributed by atoms with Gasteiger partial charge >= 0.3 is 0 Å². The molecule has 0 spiro atoms. The molecule has 1 saturated heterocycles. The molecular formula is C17H26N4O. The minimum atomic E-state index is 0.227. The van der Waals surface area contributed by atoms with Gasteiger partial charge in [0.05, 0.1) is 12.2 Å². The maximum atomic E-state index is 9.44. The summed E-state index contributed by atoms with van der Waals surface area (Å²) in [6.45, 7) is 7.06. The lowest BCUT2D eigenvalue weighted by Gasteiger charge is -2.34. The molecule has 0 saturated carbocycles. The van der Waals surface area contributed by atoms with Gasteiger partial charge in [-0.05, 0) is 37.4 Å². The van der Waals surface area contributed by atoms with Crippen molar-refractivity contribution >= 4 is 5.82 Å². The van der Waals surface area contributed by atoms with Crippen LogP contribution in [0.5, 0.6) is 0 Å². The Morgan fingerprint density at radius 1 is 1.45 bits per heavy atom. The molecule has 120 valence electrons. The molecule has 1 aromatic heterocycles. The number of aromatic nitrogens is 1. The van der Waals surface area contributed by atoms with Gasteiger partial charge in [-0.15, -0.1) is 0 Å². The summed E-state index contributed by atoms with van der Waals surface area (Å²) in [4.78, 5) is 6.89. The monoisotopic (exact) mass is 302 g/mol. The molecule has 1 fully saturated rings. The van der Waals surface area contributed by atoms with Gasteiger partial charge in [-0.1, -0.05) is 20.3 Å². The van der Waals surface area contributed by atoms with Crippen LogP contribution in [0.1, 0.15) is 50.3 Å². The van der Waals surface area contributed by atoms with Crippen molar-refractivity contribution in [1.82, 2.24) is 9.88 Å². The van der Waals surface area contributed by atoms with Crippen LogP contribution >= 0.6 is 0 Å². The number of anilines is 1. The Bertz CT molecular complexity index is 524. The zero-order chi connectivity index (χ0) is 15.9. The summed E-state index contributed by atoms with van der Waals surface area (Å²) < 4.78 is 0. The Kier molecular flexibility index (Phi) is 6.17. The number of rotatable bonds is 6. The smallest absolute Gasteiger partial charge is 0.144 e. The highest BCUT2D eigenvalue weighted by Gasteiger charge is 2.21. The van der Waals surface area contributed by atoms with Crippen LogP contribution in [0.15, 0.2) is 12.1 Å². The highest BCUT2D eigenvalue weighted by molar-refractivity contribution is 5.52. The molecule has 5 heteroatoms. The van der Waals surface area contributed by atoms with E-state index in [2.05, 4.69) is 35.1 Å². The molecular weight excluding hydrogens is 276 g/mol. The second-order valence-corrected chi connectivity index (χ2v) is 6.19. The number of aliphatic hydroxyl groups is 1. The summed E-state index contributed by atoms with van der Waals surface area (Å²) >= 11 is 0. The van der Waals surface area contributed by atoms with Crippen LogP contribution in [0.25, 0.3) is 0 Å². The maximum Gasteiger partial charge on any atom is 0.144 e. The zero-order valence-corrected chi connectivity index (χ0v) is 13.5. The Balaban J connectivity index is 1.96. The van der Waals surface area contributed by atoms with Crippen LogP contribution in [0.3, 0.4) is 0 Å². The number of nitrogens with one attached hydrogen (secondary N) is 1. The van der Waals surface area contributed by atoms with Crippen molar-refractivity contribution < 1.29 is 5.11 Å². The van der Waals surface area contributed by atoms with Crippen molar-refractivity contribution in [1.29, 1.82) is 5.26 Å². The molecule has 0 amide bonds. The van der Waals surface area contributed by atoms with E-state index < -0.39 is 0 Å². The molecule has 1 unspecified atom stereocenters. The van der Waals surface area contributed by atoms with Crippen LogP contribution in [0.4, 0.5) is 5.82 Å². The fraction of sp³-hybridized carbons (Fsp3) is 0.647. The van der Waals surface area contributed by atoms with Gasteiger partial charge in [-0.3, -0.25) is 4.90 Å². The van der Waals surface area contributed by atoms with E-state index in [4.69, 9.17) is 0 Å². The molecule has 0 bridgehead atoms. The number of aliphatic hydroxyl groups excluding tert-OH is 1. The molecule has 0 aliphatic carbocycles. The zero-order valence-electron chi connectivity index (χ0n) is 13.5. The first-order valence-electron chi connectivity index (χ1n) is 8.15. The SMILES string of the molecule is CC(C)c1ccc(C#N)c(NCCN2CCCCC2CO)n1. The first-order valence-corrected chi connectivity index (χ1v) is 8.15. The molecule has 1 atom stereocenters. The molecule has 22 heavy (non-hydrogen) atoms. The summed E-state index contributed by atoms with van der Waals surface area (Å²) in [5, 5.41) is 21.9. The third-order valence-electron chi connectivity index (χ3n) is 4.28. The number of hydrogen-bond acceptors (Lipinski definition) is 5. The molecule has 2 rings (SSSR count). The quantitative estimate of drug-likeness (QED) is 0.844. The van der Waals surface area contributed by atoms with Gasteiger partial charge in [0.1, 0.15) is 11.9 Å². The average Bonchev–Trinajstić information content (AvgIpc) is 2.55. The van der Waals surface area contributed by atoms with Gasteiger partial charge in [-0.25, -0.2) is 4.98 Å². The van der Waals surface area contributed by atoms with Gasteiger partial charge in [-0.2, -0.15) is 5.26 Å². The van der Waals surface area contributed by atoms with Crippen LogP contribution < -0.4 is 5.32 Å². The molecule has 1 aliphatic rings. The third-order valence-corrected chi connectivity index (χ3v) is 4.28. The largest absolute Gasteiger partial charge is 0.395 e. The van der Waals surface area contributed by atoms with Gasteiger partial charge in [0, 0.05) is 24.8 Å². The Hall–Kier alpha value is -1.64. The summed E-state index contributed by atoms with van der Waals surface area (Å²) in [5.41, 5.74) is 1.58. The third kappa shape index (κ3) is 4.19. The van der Waals surface area contributed by atoms with Crippen LogP contribution in [-0.2, 0) is 0 Å². The Morgan fingerprint density at radius 2 is 2.27 bits per heavy atom. The molecule has 2 N–H and O–H groups in total. The number of hydrogen-bond donors (Lipinski definition) is 2. The van der Waals surface area contributed by atoms with Crippen molar-refractivity contribution in [3.8, 4) is 6.07 Å². The molecule has 0 aromatic carbocycles.